The van der Waals surface area contributed by atoms with Crippen LogP contribution in [0.15, 0.2) is 24.3 Å². The Balaban J connectivity index is 1.78. The third-order valence-corrected chi connectivity index (χ3v) is 6.32. The van der Waals surface area contributed by atoms with E-state index in [1.165, 1.54) is 27.8 Å². The molecule has 0 spiro atoms. The van der Waals surface area contributed by atoms with E-state index in [4.69, 9.17) is 0 Å². The number of nitrogens with zero attached hydrogens (tertiary/aromatic N) is 3. The quantitative estimate of drug-likeness (QED) is 0.603. The molecule has 1 aliphatic rings. The van der Waals surface area contributed by atoms with Crippen molar-refractivity contribution in [3.63, 3.8) is 0 Å². The molecule has 0 aliphatic carbocycles. The van der Waals surface area contributed by atoms with Crippen LogP contribution in [0.4, 0.5) is 5.69 Å². The van der Waals surface area contributed by atoms with Gasteiger partial charge in [0, 0.05) is 48.4 Å². The van der Waals surface area contributed by atoms with E-state index in [1.807, 2.05) is 0 Å². The molecule has 0 bridgehead atoms. The van der Waals surface area contributed by atoms with Crippen LogP contribution in [-0.2, 0) is 10.0 Å². The second-order valence-corrected chi connectivity index (χ2v) is 8.61. The highest BCUT2D eigenvalue weighted by Gasteiger charge is 2.27. The monoisotopic (exact) mass is 369 g/mol. The number of sulfonamides is 1. The van der Waals surface area contributed by atoms with Crippen LogP contribution < -0.4 is 0 Å². The lowest BCUT2D eigenvalue weighted by Crippen LogP contribution is -2.50. The first-order chi connectivity index (χ1) is 11.3. The normalized spacial score (nSPS) is 16.5. The molecule has 1 amide bonds. The van der Waals surface area contributed by atoms with E-state index in [1.54, 1.807) is 17.0 Å². The molecule has 0 atom stereocenters. The molecule has 1 aromatic carbocycles. The Labute approximate surface area is 142 Å². The van der Waals surface area contributed by atoms with Gasteiger partial charge in [-0.05, 0) is 12.1 Å². The summed E-state index contributed by atoms with van der Waals surface area (Å²) in [6, 6.07) is 6.15. The van der Waals surface area contributed by atoms with E-state index in [0.29, 0.717) is 23.4 Å². The molecule has 24 heavy (non-hydrogen) atoms. The summed E-state index contributed by atoms with van der Waals surface area (Å²) in [5.41, 5.74) is -0.0129. The summed E-state index contributed by atoms with van der Waals surface area (Å²) in [5, 5.41) is 11.5. The molecule has 0 saturated carbocycles. The molecule has 0 N–H and O–H groups in total. The number of hydrogen-bond donors (Lipinski definition) is 0. The number of hydrogen-bond acceptors (Lipinski definition) is 6. The number of thiophene rings is 1. The van der Waals surface area contributed by atoms with E-state index in [9.17, 15) is 23.3 Å². The minimum absolute atomic E-state index is 0.0129. The lowest BCUT2D eigenvalue weighted by Gasteiger charge is -2.32. The van der Waals surface area contributed by atoms with E-state index in [0.717, 1.165) is 11.0 Å². The second kappa shape index (κ2) is 6.11. The predicted octanol–water partition coefficient (Wildman–Crippen LogP) is 1.53. The van der Waals surface area contributed by atoms with Gasteiger partial charge in [0.1, 0.15) is 0 Å². The fraction of sp³-hybridized carbons (Fsp3) is 0.357. The third kappa shape index (κ3) is 3.25. The number of nitro groups is 1. The Morgan fingerprint density at radius 1 is 1.21 bits per heavy atom. The van der Waals surface area contributed by atoms with Crippen LogP contribution >= 0.6 is 11.3 Å². The van der Waals surface area contributed by atoms with Crippen LogP contribution in [0.2, 0.25) is 0 Å². The Hall–Kier alpha value is -2.04. The molecular formula is C14H15N3O5S2. The zero-order valence-corrected chi connectivity index (χ0v) is 14.5. The van der Waals surface area contributed by atoms with Crippen molar-refractivity contribution in [2.45, 2.75) is 0 Å². The number of non-ortho nitro benzene ring substituents is 1. The van der Waals surface area contributed by atoms with Gasteiger partial charge in [-0.3, -0.25) is 14.9 Å². The SMILES string of the molecule is CS(=O)(=O)N1CCN(C(=O)c2cc3cc([N+](=O)[O-])ccc3s2)CC1. The first-order valence-corrected chi connectivity index (χ1v) is 9.84. The molecule has 10 heteroatoms. The summed E-state index contributed by atoms with van der Waals surface area (Å²) in [7, 11) is -3.24. The zero-order chi connectivity index (χ0) is 17.5. The van der Waals surface area contributed by atoms with Gasteiger partial charge in [0.25, 0.3) is 11.6 Å². The summed E-state index contributed by atoms with van der Waals surface area (Å²) in [6.45, 7) is 1.22. The molecule has 2 heterocycles. The molecule has 0 radical (unpaired) electrons. The molecule has 1 fully saturated rings. The van der Waals surface area contributed by atoms with E-state index < -0.39 is 14.9 Å². The van der Waals surface area contributed by atoms with Crippen LogP contribution in [0.1, 0.15) is 9.67 Å². The van der Waals surface area contributed by atoms with Crippen LogP contribution in [-0.4, -0.2) is 60.9 Å². The zero-order valence-electron chi connectivity index (χ0n) is 12.8. The fourth-order valence-corrected chi connectivity index (χ4v) is 4.47. The molecule has 1 saturated heterocycles. The molecule has 2 aromatic rings. The number of benzene rings is 1. The maximum Gasteiger partial charge on any atom is 0.270 e. The van der Waals surface area contributed by atoms with Crippen molar-refractivity contribution in [2.24, 2.45) is 0 Å². The summed E-state index contributed by atoms with van der Waals surface area (Å²) >= 11 is 1.28. The number of piperazine rings is 1. The Morgan fingerprint density at radius 3 is 2.46 bits per heavy atom. The van der Waals surface area contributed by atoms with Crippen LogP contribution in [0, 0.1) is 10.1 Å². The number of fused-ring (bicyclic) bond motifs is 1. The smallest absolute Gasteiger partial charge is 0.270 e. The second-order valence-electron chi connectivity index (χ2n) is 5.54. The molecular weight excluding hydrogens is 354 g/mol. The van der Waals surface area contributed by atoms with Gasteiger partial charge in [-0.15, -0.1) is 11.3 Å². The fourth-order valence-electron chi connectivity index (χ4n) is 2.63. The van der Waals surface area contributed by atoms with Crippen molar-refractivity contribution in [2.75, 3.05) is 32.4 Å². The number of nitro benzene ring substituents is 1. The molecule has 1 aromatic heterocycles. The summed E-state index contributed by atoms with van der Waals surface area (Å²) in [6.07, 6.45) is 1.16. The van der Waals surface area contributed by atoms with Gasteiger partial charge in [-0.1, -0.05) is 0 Å². The van der Waals surface area contributed by atoms with Gasteiger partial charge in [-0.25, -0.2) is 8.42 Å². The van der Waals surface area contributed by atoms with Gasteiger partial charge < -0.3 is 4.90 Å². The number of carbonyl (C=O) groups is 1. The number of amides is 1. The first kappa shape index (κ1) is 16.8. The predicted molar refractivity (Wildman–Crippen MR) is 90.8 cm³/mol. The molecule has 3 rings (SSSR count). The lowest BCUT2D eigenvalue weighted by molar-refractivity contribution is -0.384. The average Bonchev–Trinajstić information content (AvgIpc) is 2.96. The van der Waals surface area contributed by atoms with Crippen molar-refractivity contribution >= 4 is 43.0 Å². The minimum atomic E-state index is -3.24. The summed E-state index contributed by atoms with van der Waals surface area (Å²) in [5.74, 6) is -0.174. The number of rotatable bonds is 3. The van der Waals surface area contributed by atoms with E-state index in [-0.39, 0.29) is 24.7 Å². The largest absolute Gasteiger partial charge is 0.335 e. The van der Waals surface area contributed by atoms with Gasteiger partial charge >= 0.3 is 0 Å². The van der Waals surface area contributed by atoms with Gasteiger partial charge in [0.15, 0.2) is 0 Å². The third-order valence-electron chi connectivity index (χ3n) is 3.92. The highest BCUT2D eigenvalue weighted by molar-refractivity contribution is 7.88. The van der Waals surface area contributed by atoms with Gasteiger partial charge in [0.05, 0.1) is 16.1 Å². The number of carbonyl (C=O) groups excluding carboxylic acids is 1. The summed E-state index contributed by atoms with van der Waals surface area (Å²) in [4.78, 5) is 25.0. The highest BCUT2D eigenvalue weighted by atomic mass is 32.2. The maximum atomic E-state index is 12.6. The van der Waals surface area contributed by atoms with Crippen molar-refractivity contribution in [3.05, 3.63) is 39.3 Å². The molecule has 0 unspecified atom stereocenters. The standard InChI is InChI=1S/C14H15N3O5S2/c1-24(21,22)16-6-4-15(5-7-16)14(18)13-9-10-8-11(17(19)20)2-3-12(10)23-13/h2-3,8-9H,4-7H2,1H3. The Kier molecular flexibility index (Phi) is 4.28. The lowest BCUT2D eigenvalue weighted by atomic mass is 10.2. The highest BCUT2D eigenvalue weighted by Crippen LogP contribution is 2.30. The summed E-state index contributed by atoms with van der Waals surface area (Å²) < 4.78 is 25.2. The maximum absolute atomic E-state index is 12.6. The topological polar surface area (TPSA) is 101 Å². The van der Waals surface area contributed by atoms with Crippen molar-refractivity contribution in [1.82, 2.24) is 9.21 Å². The Morgan fingerprint density at radius 2 is 1.88 bits per heavy atom. The molecule has 1 aliphatic heterocycles. The van der Waals surface area contributed by atoms with E-state index in [2.05, 4.69) is 0 Å². The van der Waals surface area contributed by atoms with Crippen LogP contribution in [0.25, 0.3) is 10.1 Å². The van der Waals surface area contributed by atoms with Crippen molar-refractivity contribution in [3.8, 4) is 0 Å². The van der Waals surface area contributed by atoms with Crippen LogP contribution in [0.5, 0.6) is 0 Å². The molecule has 128 valence electrons. The van der Waals surface area contributed by atoms with Crippen LogP contribution in [0.3, 0.4) is 0 Å². The van der Waals surface area contributed by atoms with Crippen molar-refractivity contribution in [1.29, 1.82) is 0 Å². The van der Waals surface area contributed by atoms with Gasteiger partial charge in [0.2, 0.25) is 10.0 Å². The van der Waals surface area contributed by atoms with E-state index >= 15 is 0 Å². The minimum Gasteiger partial charge on any atom is -0.335 e. The Bertz CT molecular complexity index is 914. The molecule has 8 nitrogen and oxygen atoms in total. The van der Waals surface area contributed by atoms with Crippen molar-refractivity contribution < 1.29 is 18.1 Å². The van der Waals surface area contributed by atoms with Gasteiger partial charge in [-0.2, -0.15) is 4.31 Å². The average molecular weight is 369 g/mol. The first-order valence-electron chi connectivity index (χ1n) is 7.18.